The number of piperazine rings is 1. The second-order valence-electron chi connectivity index (χ2n) is 3.33. The highest BCUT2D eigenvalue weighted by molar-refractivity contribution is 14.1. The number of anilines is 1. The van der Waals surface area contributed by atoms with E-state index in [9.17, 15) is 0 Å². The van der Waals surface area contributed by atoms with Crippen molar-refractivity contribution < 1.29 is 0 Å². The molecule has 0 amide bonds. The third-order valence-corrected chi connectivity index (χ3v) is 3.36. The first kappa shape index (κ1) is 10.5. The molecular formula is C10H12ClIN2. The van der Waals surface area contributed by atoms with Gasteiger partial charge in [0.25, 0.3) is 0 Å². The van der Waals surface area contributed by atoms with Crippen LogP contribution in [-0.4, -0.2) is 26.2 Å². The van der Waals surface area contributed by atoms with Crippen LogP contribution in [-0.2, 0) is 0 Å². The third kappa shape index (κ3) is 2.32. The van der Waals surface area contributed by atoms with Gasteiger partial charge in [0.2, 0.25) is 0 Å². The fourth-order valence-corrected chi connectivity index (χ4v) is 2.35. The van der Waals surface area contributed by atoms with Crippen LogP contribution >= 0.6 is 34.2 Å². The molecule has 1 aliphatic rings. The Labute approximate surface area is 103 Å². The molecular weight excluding hydrogens is 310 g/mol. The Hall–Kier alpha value is -0.0000000000000000763. The molecule has 0 spiro atoms. The summed E-state index contributed by atoms with van der Waals surface area (Å²) in [4.78, 5) is 2.33. The highest BCUT2D eigenvalue weighted by atomic mass is 127. The molecule has 76 valence electrons. The van der Waals surface area contributed by atoms with E-state index in [4.69, 9.17) is 11.6 Å². The summed E-state index contributed by atoms with van der Waals surface area (Å²) in [7, 11) is 0. The summed E-state index contributed by atoms with van der Waals surface area (Å²) < 4.78 is 1.24. The molecule has 2 rings (SSSR count). The van der Waals surface area contributed by atoms with Crippen LogP contribution in [0.3, 0.4) is 0 Å². The van der Waals surface area contributed by atoms with E-state index < -0.39 is 0 Å². The maximum Gasteiger partial charge on any atom is 0.0640 e. The van der Waals surface area contributed by atoms with Crippen molar-refractivity contribution in [1.29, 1.82) is 0 Å². The van der Waals surface area contributed by atoms with Crippen molar-refractivity contribution in [2.24, 2.45) is 0 Å². The molecule has 0 unspecified atom stereocenters. The molecule has 1 N–H and O–H groups in total. The van der Waals surface area contributed by atoms with E-state index in [2.05, 4.69) is 38.9 Å². The van der Waals surface area contributed by atoms with Gasteiger partial charge < -0.3 is 10.2 Å². The summed E-state index contributed by atoms with van der Waals surface area (Å²) in [6.45, 7) is 4.17. The second-order valence-corrected chi connectivity index (χ2v) is 4.99. The first-order valence-corrected chi connectivity index (χ1v) is 6.14. The molecule has 0 atom stereocenters. The summed E-state index contributed by atoms with van der Waals surface area (Å²) in [5.41, 5.74) is 1.17. The fourth-order valence-electron chi connectivity index (χ4n) is 1.63. The van der Waals surface area contributed by atoms with Crippen LogP contribution in [0.25, 0.3) is 0 Å². The number of nitrogens with zero attached hydrogens (tertiary/aromatic N) is 1. The lowest BCUT2D eigenvalue weighted by molar-refractivity contribution is 0.589. The van der Waals surface area contributed by atoms with E-state index >= 15 is 0 Å². The Kier molecular flexibility index (Phi) is 3.52. The quantitative estimate of drug-likeness (QED) is 0.799. The number of hydrogen-bond acceptors (Lipinski definition) is 2. The van der Waals surface area contributed by atoms with Crippen LogP contribution in [0.15, 0.2) is 18.2 Å². The van der Waals surface area contributed by atoms with Gasteiger partial charge in [0.05, 0.1) is 10.7 Å². The molecule has 4 heteroatoms. The monoisotopic (exact) mass is 322 g/mol. The number of benzene rings is 1. The van der Waals surface area contributed by atoms with Crippen molar-refractivity contribution in [2.45, 2.75) is 0 Å². The second kappa shape index (κ2) is 4.68. The fraction of sp³-hybridized carbons (Fsp3) is 0.400. The van der Waals surface area contributed by atoms with Crippen LogP contribution < -0.4 is 10.2 Å². The Bertz CT molecular complexity index is 324. The van der Waals surface area contributed by atoms with Crippen LogP contribution in [0.2, 0.25) is 5.02 Å². The van der Waals surface area contributed by atoms with E-state index in [1.165, 1.54) is 9.26 Å². The maximum atomic E-state index is 6.16. The average molecular weight is 323 g/mol. The Morgan fingerprint density at radius 1 is 1.29 bits per heavy atom. The largest absolute Gasteiger partial charge is 0.368 e. The highest BCUT2D eigenvalue weighted by Crippen LogP contribution is 2.27. The SMILES string of the molecule is Clc1ccc(I)cc1N1CCNCC1. The van der Waals surface area contributed by atoms with Crippen LogP contribution in [0.4, 0.5) is 5.69 Å². The minimum absolute atomic E-state index is 0.854. The van der Waals surface area contributed by atoms with E-state index in [1.54, 1.807) is 0 Å². The summed E-state index contributed by atoms with van der Waals surface area (Å²) in [6, 6.07) is 6.16. The van der Waals surface area contributed by atoms with Gasteiger partial charge in [-0.05, 0) is 40.8 Å². The smallest absolute Gasteiger partial charge is 0.0640 e. The topological polar surface area (TPSA) is 15.3 Å². The van der Waals surface area contributed by atoms with Gasteiger partial charge in [-0.15, -0.1) is 0 Å². The Morgan fingerprint density at radius 2 is 2.00 bits per heavy atom. The molecule has 1 aromatic carbocycles. The molecule has 0 bridgehead atoms. The van der Waals surface area contributed by atoms with Crippen molar-refractivity contribution in [1.82, 2.24) is 5.32 Å². The lowest BCUT2D eigenvalue weighted by atomic mass is 10.2. The molecule has 0 radical (unpaired) electrons. The number of rotatable bonds is 1. The molecule has 1 saturated heterocycles. The van der Waals surface area contributed by atoms with Crippen molar-refractivity contribution >= 4 is 39.9 Å². The molecule has 14 heavy (non-hydrogen) atoms. The van der Waals surface area contributed by atoms with Gasteiger partial charge in [0.1, 0.15) is 0 Å². The van der Waals surface area contributed by atoms with Gasteiger partial charge in [-0.2, -0.15) is 0 Å². The molecule has 1 fully saturated rings. The first-order valence-electron chi connectivity index (χ1n) is 4.68. The summed E-state index contributed by atoms with van der Waals surface area (Å²) in [6.07, 6.45) is 0. The van der Waals surface area contributed by atoms with Crippen molar-refractivity contribution in [3.8, 4) is 0 Å². The van der Waals surface area contributed by atoms with Crippen molar-refractivity contribution in [2.75, 3.05) is 31.1 Å². The summed E-state index contributed by atoms with van der Waals surface area (Å²) in [5, 5.41) is 4.19. The number of hydrogen-bond donors (Lipinski definition) is 1. The number of halogens is 2. The minimum Gasteiger partial charge on any atom is -0.368 e. The number of nitrogens with one attached hydrogen (secondary N) is 1. The average Bonchev–Trinajstić information content (AvgIpc) is 2.23. The zero-order valence-electron chi connectivity index (χ0n) is 7.76. The van der Waals surface area contributed by atoms with E-state index in [0.29, 0.717) is 0 Å². The van der Waals surface area contributed by atoms with Gasteiger partial charge >= 0.3 is 0 Å². The van der Waals surface area contributed by atoms with Crippen molar-refractivity contribution in [3.63, 3.8) is 0 Å². The van der Waals surface area contributed by atoms with Gasteiger partial charge in [-0.3, -0.25) is 0 Å². The van der Waals surface area contributed by atoms with Gasteiger partial charge in [0, 0.05) is 29.7 Å². The Morgan fingerprint density at radius 3 is 2.71 bits per heavy atom. The predicted molar refractivity (Wildman–Crippen MR) is 69.3 cm³/mol. The standard InChI is InChI=1S/C10H12ClIN2/c11-9-2-1-8(12)7-10(9)14-5-3-13-4-6-14/h1-2,7,13H,3-6H2. The van der Waals surface area contributed by atoms with Crippen LogP contribution in [0, 0.1) is 3.57 Å². The van der Waals surface area contributed by atoms with E-state index in [1.807, 2.05) is 12.1 Å². The first-order chi connectivity index (χ1) is 6.77. The van der Waals surface area contributed by atoms with E-state index in [0.717, 1.165) is 31.2 Å². The molecule has 2 nitrogen and oxygen atoms in total. The maximum absolute atomic E-state index is 6.16. The molecule has 0 aliphatic carbocycles. The van der Waals surface area contributed by atoms with Gasteiger partial charge in [0.15, 0.2) is 0 Å². The van der Waals surface area contributed by atoms with Gasteiger partial charge in [-0.25, -0.2) is 0 Å². The lowest BCUT2D eigenvalue weighted by Crippen LogP contribution is -2.43. The summed E-state index contributed by atoms with van der Waals surface area (Å²) >= 11 is 8.48. The molecule has 1 aromatic rings. The highest BCUT2D eigenvalue weighted by Gasteiger charge is 2.13. The molecule has 1 aliphatic heterocycles. The minimum atomic E-state index is 0.854. The normalized spacial score (nSPS) is 17.1. The van der Waals surface area contributed by atoms with Gasteiger partial charge in [-0.1, -0.05) is 11.6 Å². The van der Waals surface area contributed by atoms with Crippen LogP contribution in [0.1, 0.15) is 0 Å². The predicted octanol–water partition coefficient (Wildman–Crippen LogP) is 2.35. The zero-order valence-corrected chi connectivity index (χ0v) is 10.7. The van der Waals surface area contributed by atoms with Crippen LogP contribution in [0.5, 0.6) is 0 Å². The third-order valence-electron chi connectivity index (χ3n) is 2.37. The van der Waals surface area contributed by atoms with E-state index in [-0.39, 0.29) is 0 Å². The molecule has 1 heterocycles. The molecule has 0 saturated carbocycles. The van der Waals surface area contributed by atoms with Crippen molar-refractivity contribution in [3.05, 3.63) is 26.8 Å². The summed E-state index contributed by atoms with van der Waals surface area (Å²) in [5.74, 6) is 0. The zero-order chi connectivity index (χ0) is 9.97. The Balaban J connectivity index is 2.24. The molecule has 0 aromatic heterocycles. The lowest BCUT2D eigenvalue weighted by Gasteiger charge is -2.30.